The van der Waals surface area contributed by atoms with Crippen molar-refractivity contribution in [1.82, 2.24) is 4.57 Å². The van der Waals surface area contributed by atoms with Crippen LogP contribution in [0.1, 0.15) is 22.8 Å². The second-order valence-electron chi connectivity index (χ2n) is 6.71. The summed E-state index contributed by atoms with van der Waals surface area (Å²) in [6, 6.07) is 12.8. The first-order valence-electron chi connectivity index (χ1n) is 9.04. The summed E-state index contributed by atoms with van der Waals surface area (Å²) in [4.78, 5) is 39.6. The van der Waals surface area contributed by atoms with Crippen LogP contribution in [0, 0.1) is 5.82 Å². The first kappa shape index (κ1) is 20.3. The van der Waals surface area contributed by atoms with Crippen molar-refractivity contribution in [2.24, 2.45) is 0 Å². The Bertz CT molecular complexity index is 1190. The van der Waals surface area contributed by atoms with Gasteiger partial charge in [-0.1, -0.05) is 47.2 Å². The lowest BCUT2D eigenvalue weighted by Gasteiger charge is -2.32. The highest BCUT2D eigenvalue weighted by molar-refractivity contribution is 7.10. The van der Waals surface area contributed by atoms with Crippen molar-refractivity contribution in [1.29, 1.82) is 0 Å². The zero-order chi connectivity index (χ0) is 21.4. The molecule has 1 amide bonds. The van der Waals surface area contributed by atoms with Crippen LogP contribution >= 0.6 is 22.9 Å². The Morgan fingerprint density at radius 3 is 2.63 bits per heavy atom. The fourth-order valence-electron chi connectivity index (χ4n) is 3.56. The van der Waals surface area contributed by atoms with Crippen LogP contribution < -0.4 is 9.77 Å². The van der Waals surface area contributed by atoms with Crippen molar-refractivity contribution in [3.05, 3.63) is 79.5 Å². The van der Waals surface area contributed by atoms with Crippen molar-refractivity contribution >= 4 is 46.3 Å². The van der Waals surface area contributed by atoms with Gasteiger partial charge in [0, 0.05) is 17.4 Å². The van der Waals surface area contributed by atoms with E-state index in [-0.39, 0.29) is 23.9 Å². The van der Waals surface area contributed by atoms with Gasteiger partial charge in [-0.05, 0) is 29.8 Å². The highest BCUT2D eigenvalue weighted by atomic mass is 35.5. The van der Waals surface area contributed by atoms with Gasteiger partial charge >= 0.3 is 10.8 Å². The first-order valence-corrected chi connectivity index (χ1v) is 10.2. The average molecular weight is 447 g/mol. The predicted octanol–water partition coefficient (Wildman–Crippen LogP) is 4.08. The Balaban J connectivity index is 1.94. The molecule has 0 fully saturated rings. The molecule has 0 bridgehead atoms. The number of ether oxygens (including phenoxy) is 1. The van der Waals surface area contributed by atoms with Gasteiger partial charge in [0.2, 0.25) is 5.91 Å². The highest BCUT2D eigenvalue weighted by Crippen LogP contribution is 2.46. The maximum Gasteiger partial charge on any atom is 0.325 e. The molecule has 0 saturated heterocycles. The number of carbonyl (C=O) groups excluding carboxylic acids is 2. The molecule has 0 saturated carbocycles. The summed E-state index contributed by atoms with van der Waals surface area (Å²) in [6.07, 6.45) is 0.0470. The molecule has 1 aliphatic heterocycles. The summed E-state index contributed by atoms with van der Waals surface area (Å²) in [7, 11) is 1.23. The Morgan fingerprint density at radius 1 is 1.23 bits per heavy atom. The number of hydrogen-bond donors (Lipinski definition) is 0. The molecule has 0 N–H and O–H groups in total. The normalized spacial score (nSPS) is 15.8. The summed E-state index contributed by atoms with van der Waals surface area (Å²) in [5, 5.41) is 0.173. The monoisotopic (exact) mass is 446 g/mol. The molecule has 4 rings (SSSR count). The van der Waals surface area contributed by atoms with E-state index in [9.17, 15) is 18.8 Å². The number of fused-ring (bicyclic) bond motifs is 1. The minimum Gasteiger partial charge on any atom is -0.468 e. The Labute approximate surface area is 180 Å². The van der Waals surface area contributed by atoms with Crippen LogP contribution in [0.2, 0.25) is 5.02 Å². The summed E-state index contributed by atoms with van der Waals surface area (Å²) in [6.45, 7) is -0.332. The van der Waals surface area contributed by atoms with Gasteiger partial charge in [-0.2, -0.15) is 0 Å². The third kappa shape index (κ3) is 3.53. The van der Waals surface area contributed by atoms with E-state index in [2.05, 4.69) is 0 Å². The van der Waals surface area contributed by atoms with Gasteiger partial charge in [-0.15, -0.1) is 0 Å². The number of rotatable bonds is 4. The SMILES string of the molecule is COC(=O)Cn1c2c(sc1=O)[C@@H](c1ccc(F)cc1Cl)CC(=O)N2c1ccccc1. The number of hydrogen-bond acceptors (Lipinski definition) is 5. The fraction of sp³-hybridized carbons (Fsp3) is 0.190. The van der Waals surface area contributed by atoms with Crippen molar-refractivity contribution in [2.75, 3.05) is 12.0 Å². The van der Waals surface area contributed by atoms with E-state index in [0.717, 1.165) is 11.3 Å². The van der Waals surface area contributed by atoms with Crippen molar-refractivity contribution in [3.8, 4) is 0 Å². The van der Waals surface area contributed by atoms with E-state index in [4.69, 9.17) is 16.3 Å². The van der Waals surface area contributed by atoms with Gasteiger partial charge in [-0.3, -0.25) is 23.9 Å². The largest absolute Gasteiger partial charge is 0.468 e. The van der Waals surface area contributed by atoms with E-state index in [1.54, 1.807) is 24.3 Å². The molecule has 0 spiro atoms. The van der Waals surface area contributed by atoms with Crippen LogP contribution in [0.3, 0.4) is 0 Å². The number of amides is 1. The van der Waals surface area contributed by atoms with Gasteiger partial charge in [-0.25, -0.2) is 4.39 Å². The molecule has 9 heteroatoms. The Kier molecular flexibility index (Phi) is 5.44. The molecule has 2 heterocycles. The van der Waals surface area contributed by atoms with E-state index in [1.165, 1.54) is 34.8 Å². The number of nitrogens with zero attached hydrogens (tertiary/aromatic N) is 2. The quantitative estimate of drug-likeness (QED) is 0.566. The second kappa shape index (κ2) is 8.04. The van der Waals surface area contributed by atoms with E-state index < -0.39 is 22.6 Å². The molecule has 1 atom stereocenters. The Morgan fingerprint density at radius 2 is 1.97 bits per heavy atom. The lowest BCUT2D eigenvalue weighted by molar-refractivity contribution is -0.141. The number of methoxy groups -OCH3 is 1. The maximum absolute atomic E-state index is 13.6. The third-order valence-corrected chi connectivity index (χ3v) is 6.33. The molecule has 30 heavy (non-hydrogen) atoms. The minimum atomic E-state index is -0.611. The summed E-state index contributed by atoms with van der Waals surface area (Å²) >= 11 is 7.20. The van der Waals surface area contributed by atoms with Crippen LogP contribution in [0.15, 0.2) is 53.3 Å². The maximum atomic E-state index is 13.6. The number of halogens is 2. The smallest absolute Gasteiger partial charge is 0.325 e. The van der Waals surface area contributed by atoms with E-state index >= 15 is 0 Å². The van der Waals surface area contributed by atoms with Crippen LogP contribution in [0.25, 0.3) is 0 Å². The number of carbonyl (C=O) groups is 2. The molecule has 0 radical (unpaired) electrons. The minimum absolute atomic E-state index is 0.0470. The number of esters is 1. The summed E-state index contributed by atoms with van der Waals surface area (Å²) < 4.78 is 19.5. The lowest BCUT2D eigenvalue weighted by atomic mass is 9.90. The standard InChI is InChI=1S/C21H16ClFN2O4S/c1-29-18(27)11-24-20-19(30-21(24)28)15(14-8-7-12(23)9-16(14)22)10-17(26)25(20)13-5-3-2-4-6-13/h2-9,15H,10-11H2,1H3/t15-/m1/s1. The third-order valence-electron chi connectivity index (χ3n) is 4.92. The van der Waals surface area contributed by atoms with Crippen molar-refractivity contribution in [2.45, 2.75) is 18.9 Å². The molecule has 2 aromatic carbocycles. The molecular weight excluding hydrogens is 431 g/mol. The fourth-order valence-corrected chi connectivity index (χ4v) is 4.95. The van der Waals surface area contributed by atoms with Crippen LogP contribution in [0.5, 0.6) is 0 Å². The van der Waals surface area contributed by atoms with Crippen molar-refractivity contribution < 1.29 is 18.7 Å². The van der Waals surface area contributed by atoms with E-state index in [0.29, 0.717) is 21.9 Å². The van der Waals surface area contributed by atoms with Crippen LogP contribution in [0.4, 0.5) is 15.9 Å². The molecule has 154 valence electrons. The number of benzene rings is 2. The molecule has 3 aromatic rings. The Hall–Kier alpha value is -2.97. The highest BCUT2D eigenvalue weighted by Gasteiger charge is 2.39. The van der Waals surface area contributed by atoms with Crippen LogP contribution in [-0.2, 0) is 20.9 Å². The summed E-state index contributed by atoms with van der Waals surface area (Å²) in [5.74, 6) is -1.59. The van der Waals surface area contributed by atoms with Gasteiger partial charge in [0.05, 0.1) is 17.7 Å². The van der Waals surface area contributed by atoms with Gasteiger partial charge in [0.1, 0.15) is 18.2 Å². The zero-order valence-corrected chi connectivity index (χ0v) is 17.4. The topological polar surface area (TPSA) is 68.6 Å². The zero-order valence-electron chi connectivity index (χ0n) is 15.8. The lowest BCUT2D eigenvalue weighted by Crippen LogP contribution is -2.36. The van der Waals surface area contributed by atoms with Gasteiger partial charge in [0.15, 0.2) is 0 Å². The molecule has 1 aromatic heterocycles. The van der Waals surface area contributed by atoms with E-state index in [1.807, 2.05) is 6.07 Å². The molecule has 0 unspecified atom stereocenters. The number of anilines is 2. The van der Waals surface area contributed by atoms with Gasteiger partial charge in [0.25, 0.3) is 0 Å². The number of para-hydroxylation sites is 1. The van der Waals surface area contributed by atoms with Crippen LogP contribution in [-0.4, -0.2) is 23.6 Å². The van der Waals surface area contributed by atoms with Crippen molar-refractivity contribution in [3.63, 3.8) is 0 Å². The molecular formula is C21H16ClFN2O4S. The molecule has 6 nitrogen and oxygen atoms in total. The second-order valence-corrected chi connectivity index (χ2v) is 8.11. The predicted molar refractivity (Wildman–Crippen MR) is 112 cm³/mol. The first-order chi connectivity index (χ1) is 14.4. The average Bonchev–Trinajstić information content (AvgIpc) is 3.04. The number of thiazole rings is 1. The molecule has 1 aliphatic rings. The number of aromatic nitrogens is 1. The van der Waals surface area contributed by atoms with Gasteiger partial charge < -0.3 is 4.74 Å². The summed E-state index contributed by atoms with van der Waals surface area (Å²) in [5.41, 5.74) is 1.12. The molecule has 0 aliphatic carbocycles.